The Bertz CT molecular complexity index is 568. The topological polar surface area (TPSA) is 76.9 Å². The minimum atomic E-state index is -3.33. The molecule has 0 atom stereocenters. The van der Waals surface area contributed by atoms with Crippen LogP contribution in [-0.4, -0.2) is 36.0 Å². The summed E-state index contributed by atoms with van der Waals surface area (Å²) in [4.78, 5) is 0. The molecule has 6 nitrogen and oxygen atoms in total. The van der Waals surface area contributed by atoms with Crippen molar-refractivity contribution < 1.29 is 8.42 Å². The summed E-state index contributed by atoms with van der Waals surface area (Å²) in [6.45, 7) is 0.701. The molecule has 0 aliphatic carbocycles. The Balaban J connectivity index is 2.49. The van der Waals surface area contributed by atoms with Gasteiger partial charge in [-0.15, -0.1) is 10.2 Å². The Hall–Kier alpha value is -1.63. The summed E-state index contributed by atoms with van der Waals surface area (Å²) < 4.78 is 24.2. The molecule has 2 rings (SSSR count). The van der Waals surface area contributed by atoms with E-state index in [1.807, 2.05) is 12.2 Å². The van der Waals surface area contributed by atoms with Crippen molar-refractivity contribution in [2.24, 2.45) is 7.05 Å². The van der Waals surface area contributed by atoms with Crippen LogP contribution >= 0.6 is 0 Å². The average molecular weight is 240 g/mol. The Morgan fingerprint density at radius 3 is 2.69 bits per heavy atom. The smallest absolute Gasteiger partial charge is 0.249 e. The molecule has 1 aromatic rings. The van der Waals surface area contributed by atoms with E-state index in [0.29, 0.717) is 12.4 Å². The zero-order valence-electron chi connectivity index (χ0n) is 9.01. The Labute approximate surface area is 93.6 Å². The summed E-state index contributed by atoms with van der Waals surface area (Å²) in [5.41, 5.74) is 0.864. The molecule has 0 saturated heterocycles. The van der Waals surface area contributed by atoms with Crippen molar-refractivity contribution in [3.63, 3.8) is 0 Å². The molecule has 0 unspecified atom stereocenters. The van der Waals surface area contributed by atoms with Gasteiger partial charge in [0.25, 0.3) is 0 Å². The van der Waals surface area contributed by atoms with Gasteiger partial charge in [0.15, 0.2) is 5.82 Å². The second-order valence-corrected chi connectivity index (χ2v) is 5.45. The lowest BCUT2D eigenvalue weighted by Crippen LogP contribution is -2.11. The first kappa shape index (κ1) is 10.9. The van der Waals surface area contributed by atoms with E-state index in [2.05, 4.69) is 15.5 Å². The van der Waals surface area contributed by atoms with Gasteiger partial charge >= 0.3 is 0 Å². The largest absolute Gasteiger partial charge is 0.387 e. The van der Waals surface area contributed by atoms with Crippen LogP contribution in [0.1, 0.15) is 5.82 Å². The van der Waals surface area contributed by atoms with Crippen molar-refractivity contribution in [3.05, 3.63) is 24.2 Å². The van der Waals surface area contributed by atoms with Gasteiger partial charge in [-0.05, 0) is 12.3 Å². The van der Waals surface area contributed by atoms with Gasteiger partial charge in [0, 0.05) is 25.4 Å². The molecule has 16 heavy (non-hydrogen) atoms. The highest BCUT2D eigenvalue weighted by Crippen LogP contribution is 2.17. The third-order valence-electron chi connectivity index (χ3n) is 2.25. The number of nitrogens with one attached hydrogen (secondary N) is 1. The van der Waals surface area contributed by atoms with Crippen molar-refractivity contribution in [2.75, 3.05) is 12.8 Å². The number of hydrogen-bond acceptors (Lipinski definition) is 5. The van der Waals surface area contributed by atoms with Gasteiger partial charge in [-0.25, -0.2) is 8.42 Å². The van der Waals surface area contributed by atoms with Crippen LogP contribution < -0.4 is 5.32 Å². The normalized spacial score (nSPS) is 15.8. The standard InChI is InChI=1S/C9H12N4O2S/c1-13-8(7-3-5-10-6-4-7)11-12-9(13)16(2,14)15/h3-5,10H,6H2,1-2H3. The predicted octanol–water partition coefficient (Wildman–Crippen LogP) is -0.281. The molecule has 1 aliphatic rings. The molecule has 0 amide bonds. The lowest BCUT2D eigenvalue weighted by molar-refractivity contribution is 0.584. The van der Waals surface area contributed by atoms with E-state index in [9.17, 15) is 8.42 Å². The van der Waals surface area contributed by atoms with E-state index in [4.69, 9.17) is 0 Å². The van der Waals surface area contributed by atoms with E-state index < -0.39 is 9.84 Å². The molecule has 0 spiro atoms. The maximum atomic E-state index is 11.4. The average Bonchev–Trinajstić information content (AvgIpc) is 2.61. The third kappa shape index (κ3) is 1.85. The first-order valence-electron chi connectivity index (χ1n) is 4.70. The molecule has 2 heterocycles. The van der Waals surface area contributed by atoms with Crippen molar-refractivity contribution in [1.29, 1.82) is 0 Å². The van der Waals surface area contributed by atoms with Crippen LogP contribution in [0.4, 0.5) is 0 Å². The molecule has 1 aromatic heterocycles. The maximum absolute atomic E-state index is 11.4. The Morgan fingerprint density at radius 2 is 2.19 bits per heavy atom. The molecule has 0 bridgehead atoms. The Kier molecular flexibility index (Phi) is 2.55. The van der Waals surface area contributed by atoms with Gasteiger partial charge in [0.2, 0.25) is 15.0 Å². The van der Waals surface area contributed by atoms with Crippen molar-refractivity contribution >= 4 is 15.4 Å². The fourth-order valence-electron chi connectivity index (χ4n) is 1.51. The van der Waals surface area contributed by atoms with E-state index in [1.165, 1.54) is 4.57 Å². The van der Waals surface area contributed by atoms with Crippen LogP contribution in [0.5, 0.6) is 0 Å². The lowest BCUT2D eigenvalue weighted by Gasteiger charge is -2.07. The number of sulfone groups is 1. The number of allylic oxidation sites excluding steroid dienone is 2. The number of rotatable bonds is 2. The summed E-state index contributed by atoms with van der Waals surface area (Å²) >= 11 is 0. The first-order chi connectivity index (χ1) is 7.50. The maximum Gasteiger partial charge on any atom is 0.249 e. The quantitative estimate of drug-likeness (QED) is 0.769. The molecule has 1 N–H and O–H groups in total. The van der Waals surface area contributed by atoms with Gasteiger partial charge in [-0.3, -0.25) is 0 Å². The van der Waals surface area contributed by atoms with Gasteiger partial charge in [0.05, 0.1) is 0 Å². The van der Waals surface area contributed by atoms with Crippen LogP contribution in [0.25, 0.3) is 5.57 Å². The van der Waals surface area contributed by atoms with Gasteiger partial charge in [-0.1, -0.05) is 6.08 Å². The minimum absolute atomic E-state index is 0.0182. The molecule has 1 aliphatic heterocycles. The monoisotopic (exact) mass is 240 g/mol. The van der Waals surface area contributed by atoms with E-state index in [1.54, 1.807) is 13.2 Å². The SMILES string of the molecule is Cn1c(C2=CCNC=C2)nnc1S(C)(=O)=O. The zero-order chi connectivity index (χ0) is 11.8. The highest BCUT2D eigenvalue weighted by atomic mass is 32.2. The summed E-state index contributed by atoms with van der Waals surface area (Å²) in [6, 6.07) is 0. The minimum Gasteiger partial charge on any atom is -0.387 e. The van der Waals surface area contributed by atoms with Gasteiger partial charge in [0.1, 0.15) is 0 Å². The summed E-state index contributed by atoms with van der Waals surface area (Å²) in [7, 11) is -1.69. The number of aromatic nitrogens is 3. The van der Waals surface area contributed by atoms with E-state index >= 15 is 0 Å². The predicted molar refractivity (Wildman–Crippen MR) is 59.2 cm³/mol. The highest BCUT2D eigenvalue weighted by molar-refractivity contribution is 7.90. The molecule has 0 saturated carbocycles. The zero-order valence-corrected chi connectivity index (χ0v) is 9.82. The first-order valence-corrected chi connectivity index (χ1v) is 6.59. The summed E-state index contributed by atoms with van der Waals surface area (Å²) in [5.74, 6) is 0.554. The van der Waals surface area contributed by atoms with Crippen molar-refractivity contribution in [1.82, 2.24) is 20.1 Å². The number of dihydropyridines is 1. The lowest BCUT2D eigenvalue weighted by atomic mass is 10.2. The van der Waals surface area contributed by atoms with Gasteiger partial charge < -0.3 is 9.88 Å². The molecule has 0 radical (unpaired) electrons. The second-order valence-electron chi connectivity index (χ2n) is 3.54. The fraction of sp³-hybridized carbons (Fsp3) is 0.333. The molecule has 86 valence electrons. The highest BCUT2D eigenvalue weighted by Gasteiger charge is 2.19. The molecule has 0 aromatic carbocycles. The van der Waals surface area contributed by atoms with Crippen LogP contribution in [0, 0.1) is 0 Å². The third-order valence-corrected chi connectivity index (χ3v) is 3.26. The number of nitrogens with zero attached hydrogens (tertiary/aromatic N) is 3. The van der Waals surface area contributed by atoms with E-state index in [0.717, 1.165) is 11.8 Å². The van der Waals surface area contributed by atoms with Crippen LogP contribution in [0.15, 0.2) is 23.5 Å². The molecule has 7 heteroatoms. The van der Waals surface area contributed by atoms with Crippen molar-refractivity contribution in [2.45, 2.75) is 5.16 Å². The summed E-state index contributed by atoms with van der Waals surface area (Å²) in [5, 5.41) is 10.6. The van der Waals surface area contributed by atoms with Crippen molar-refractivity contribution in [3.8, 4) is 0 Å². The number of hydrogen-bond donors (Lipinski definition) is 1. The molecular weight excluding hydrogens is 228 g/mol. The summed E-state index contributed by atoms with van der Waals surface area (Å²) in [6.07, 6.45) is 6.67. The Morgan fingerprint density at radius 1 is 1.44 bits per heavy atom. The van der Waals surface area contributed by atoms with Gasteiger partial charge in [-0.2, -0.15) is 0 Å². The second kappa shape index (κ2) is 3.75. The van der Waals surface area contributed by atoms with Crippen LogP contribution in [0.2, 0.25) is 0 Å². The van der Waals surface area contributed by atoms with Crippen LogP contribution in [-0.2, 0) is 16.9 Å². The fourth-order valence-corrected chi connectivity index (χ4v) is 2.28. The molecule has 0 fully saturated rings. The van der Waals surface area contributed by atoms with E-state index in [-0.39, 0.29) is 5.16 Å². The van der Waals surface area contributed by atoms with Crippen LogP contribution in [0.3, 0.4) is 0 Å². The molecular formula is C9H12N4O2S.